The summed E-state index contributed by atoms with van der Waals surface area (Å²) in [5.74, 6) is -1.51. The van der Waals surface area contributed by atoms with E-state index in [0.29, 0.717) is 19.4 Å². The summed E-state index contributed by atoms with van der Waals surface area (Å²) in [5, 5.41) is 14.6. The molecule has 0 aromatic heterocycles. The first-order chi connectivity index (χ1) is 15.0. The molecule has 1 aromatic rings. The molecule has 0 spiro atoms. The van der Waals surface area contributed by atoms with E-state index >= 15 is 0 Å². The standard InChI is InChI=1S/C23H32N2O6/c1-17(13-26)24-21(27)12-19-10-6-3-7-11-22(28)31-16-20(25-23(19)29)15-30-14-18-8-4-2-5-9-18/h2-6,8-9,17,19-20,26H,7,10-16H2,1H3,(H,24,27)(H,25,29)/t17-,19-,20+/m1/s1. The molecule has 1 aliphatic heterocycles. The van der Waals surface area contributed by atoms with Gasteiger partial charge in [-0.15, -0.1) is 0 Å². The van der Waals surface area contributed by atoms with Gasteiger partial charge in [0.2, 0.25) is 11.8 Å². The summed E-state index contributed by atoms with van der Waals surface area (Å²) in [6.07, 6.45) is 4.76. The number of cyclic esters (lactones) is 1. The SMILES string of the molecule is C[C@H](CO)NC(=O)C[C@H]1CC=CCCC(=O)OC[C@H](COCc2ccccc2)NC1=O. The van der Waals surface area contributed by atoms with Crippen molar-refractivity contribution in [3.05, 3.63) is 48.0 Å². The van der Waals surface area contributed by atoms with Crippen LogP contribution in [-0.2, 0) is 30.5 Å². The smallest absolute Gasteiger partial charge is 0.306 e. The molecule has 8 nitrogen and oxygen atoms in total. The average Bonchev–Trinajstić information content (AvgIpc) is 2.76. The van der Waals surface area contributed by atoms with Gasteiger partial charge in [0.05, 0.1) is 31.8 Å². The molecule has 0 saturated heterocycles. The number of ether oxygens (including phenoxy) is 2. The molecule has 1 heterocycles. The highest BCUT2D eigenvalue weighted by molar-refractivity contribution is 5.86. The summed E-state index contributed by atoms with van der Waals surface area (Å²) < 4.78 is 11.0. The molecule has 31 heavy (non-hydrogen) atoms. The van der Waals surface area contributed by atoms with Crippen molar-refractivity contribution < 1.29 is 29.0 Å². The van der Waals surface area contributed by atoms with Gasteiger partial charge in [-0.2, -0.15) is 0 Å². The van der Waals surface area contributed by atoms with Crippen molar-refractivity contribution in [2.45, 2.75) is 51.3 Å². The van der Waals surface area contributed by atoms with Crippen LogP contribution in [0.5, 0.6) is 0 Å². The number of aliphatic hydroxyl groups excluding tert-OH is 1. The van der Waals surface area contributed by atoms with Gasteiger partial charge in [0.1, 0.15) is 6.61 Å². The van der Waals surface area contributed by atoms with Gasteiger partial charge in [-0.1, -0.05) is 42.5 Å². The van der Waals surface area contributed by atoms with Crippen molar-refractivity contribution >= 4 is 17.8 Å². The number of carbonyl (C=O) groups is 3. The Balaban J connectivity index is 2.00. The highest BCUT2D eigenvalue weighted by Gasteiger charge is 2.25. The first-order valence-electron chi connectivity index (χ1n) is 10.6. The third kappa shape index (κ3) is 9.76. The van der Waals surface area contributed by atoms with Crippen molar-refractivity contribution in [3.63, 3.8) is 0 Å². The van der Waals surface area contributed by atoms with E-state index in [1.54, 1.807) is 6.92 Å². The number of benzene rings is 1. The molecule has 2 rings (SSSR count). The van der Waals surface area contributed by atoms with Gasteiger partial charge in [-0.05, 0) is 25.3 Å². The van der Waals surface area contributed by atoms with Crippen LogP contribution in [-0.4, -0.2) is 54.8 Å². The molecule has 1 aliphatic rings. The van der Waals surface area contributed by atoms with Crippen LogP contribution in [0.1, 0.15) is 38.2 Å². The van der Waals surface area contributed by atoms with Gasteiger partial charge in [0.15, 0.2) is 0 Å². The maximum absolute atomic E-state index is 12.9. The predicted molar refractivity (Wildman–Crippen MR) is 115 cm³/mol. The maximum atomic E-state index is 12.9. The third-order valence-electron chi connectivity index (χ3n) is 4.81. The summed E-state index contributed by atoms with van der Waals surface area (Å²) in [5.41, 5.74) is 0.997. The van der Waals surface area contributed by atoms with Crippen LogP contribution in [0.15, 0.2) is 42.5 Å². The lowest BCUT2D eigenvalue weighted by Gasteiger charge is -2.23. The monoisotopic (exact) mass is 432 g/mol. The minimum absolute atomic E-state index is 0.00209. The van der Waals surface area contributed by atoms with Gasteiger partial charge >= 0.3 is 5.97 Å². The van der Waals surface area contributed by atoms with Crippen molar-refractivity contribution in [1.29, 1.82) is 0 Å². The van der Waals surface area contributed by atoms with Gasteiger partial charge < -0.3 is 25.2 Å². The van der Waals surface area contributed by atoms with Gasteiger partial charge in [-0.3, -0.25) is 14.4 Å². The fraction of sp³-hybridized carbons (Fsp3) is 0.522. The third-order valence-corrected chi connectivity index (χ3v) is 4.81. The van der Waals surface area contributed by atoms with Gasteiger partial charge in [0, 0.05) is 18.9 Å². The fourth-order valence-corrected chi connectivity index (χ4v) is 3.08. The number of hydrogen-bond acceptors (Lipinski definition) is 6. The molecular weight excluding hydrogens is 400 g/mol. The Morgan fingerprint density at radius 2 is 2.06 bits per heavy atom. The summed E-state index contributed by atoms with van der Waals surface area (Å²) >= 11 is 0. The second-order valence-corrected chi connectivity index (χ2v) is 7.69. The number of allylic oxidation sites excluding steroid dienone is 2. The molecule has 0 radical (unpaired) electrons. The lowest BCUT2D eigenvalue weighted by molar-refractivity contribution is -0.145. The molecule has 2 amide bonds. The van der Waals surface area contributed by atoms with Crippen LogP contribution in [0.3, 0.4) is 0 Å². The number of nitrogens with one attached hydrogen (secondary N) is 2. The van der Waals surface area contributed by atoms with E-state index in [4.69, 9.17) is 14.6 Å². The fourth-order valence-electron chi connectivity index (χ4n) is 3.08. The molecule has 3 N–H and O–H groups in total. The van der Waals surface area contributed by atoms with E-state index in [-0.39, 0.29) is 56.5 Å². The molecule has 0 fully saturated rings. The van der Waals surface area contributed by atoms with Crippen LogP contribution >= 0.6 is 0 Å². The lowest BCUT2D eigenvalue weighted by atomic mass is 9.98. The summed E-state index contributed by atoms with van der Waals surface area (Å²) in [6, 6.07) is 8.73. The quantitative estimate of drug-likeness (QED) is 0.424. The lowest BCUT2D eigenvalue weighted by Crippen LogP contribution is -2.46. The van der Waals surface area contributed by atoms with Gasteiger partial charge in [-0.25, -0.2) is 0 Å². The maximum Gasteiger partial charge on any atom is 0.306 e. The highest BCUT2D eigenvalue weighted by atomic mass is 16.5. The Labute approximate surface area is 183 Å². The number of amides is 2. The van der Waals surface area contributed by atoms with E-state index in [0.717, 1.165) is 5.56 Å². The molecule has 0 bridgehead atoms. The van der Waals surface area contributed by atoms with Crippen LogP contribution in [0, 0.1) is 5.92 Å². The molecule has 1 aromatic carbocycles. The highest BCUT2D eigenvalue weighted by Crippen LogP contribution is 2.13. The zero-order valence-electron chi connectivity index (χ0n) is 17.9. The zero-order valence-corrected chi connectivity index (χ0v) is 17.9. The van der Waals surface area contributed by atoms with E-state index in [2.05, 4.69) is 10.6 Å². The molecule has 8 heteroatoms. The van der Waals surface area contributed by atoms with E-state index < -0.39 is 12.0 Å². The van der Waals surface area contributed by atoms with Gasteiger partial charge in [0.25, 0.3) is 0 Å². The Hall–Kier alpha value is -2.71. The molecule has 170 valence electrons. The van der Waals surface area contributed by atoms with E-state index in [1.165, 1.54) is 0 Å². The van der Waals surface area contributed by atoms with E-state index in [1.807, 2.05) is 42.5 Å². The van der Waals surface area contributed by atoms with Crippen LogP contribution in [0.2, 0.25) is 0 Å². The Morgan fingerprint density at radius 1 is 1.29 bits per heavy atom. The number of rotatable bonds is 8. The van der Waals surface area contributed by atoms with Crippen molar-refractivity contribution in [3.8, 4) is 0 Å². The normalized spacial score (nSPS) is 21.2. The van der Waals surface area contributed by atoms with Crippen molar-refractivity contribution in [2.24, 2.45) is 5.92 Å². The molecular formula is C23H32N2O6. The number of hydrogen-bond donors (Lipinski definition) is 3. The summed E-state index contributed by atoms with van der Waals surface area (Å²) in [4.78, 5) is 37.0. The zero-order chi connectivity index (χ0) is 22.5. The molecule has 0 aliphatic carbocycles. The Kier molecular flexibility index (Phi) is 10.7. The summed E-state index contributed by atoms with van der Waals surface area (Å²) in [6.45, 7) is 2.06. The van der Waals surface area contributed by atoms with E-state index in [9.17, 15) is 14.4 Å². The van der Waals surface area contributed by atoms with Crippen LogP contribution in [0.25, 0.3) is 0 Å². The minimum Gasteiger partial charge on any atom is -0.463 e. The second kappa shape index (κ2) is 13.6. The summed E-state index contributed by atoms with van der Waals surface area (Å²) in [7, 11) is 0. The largest absolute Gasteiger partial charge is 0.463 e. The first-order valence-corrected chi connectivity index (χ1v) is 10.6. The number of carbonyl (C=O) groups excluding carboxylic acids is 3. The number of esters is 1. The first kappa shape index (κ1) is 24.6. The van der Waals surface area contributed by atoms with Crippen LogP contribution < -0.4 is 10.6 Å². The Bertz CT molecular complexity index is 737. The number of aliphatic hydroxyl groups is 1. The second-order valence-electron chi connectivity index (χ2n) is 7.69. The molecule has 0 unspecified atom stereocenters. The van der Waals surface area contributed by atoms with Crippen LogP contribution in [0.4, 0.5) is 0 Å². The topological polar surface area (TPSA) is 114 Å². The molecule has 0 saturated carbocycles. The molecule has 3 atom stereocenters. The van der Waals surface area contributed by atoms with Crippen molar-refractivity contribution in [1.82, 2.24) is 10.6 Å². The minimum atomic E-state index is -0.575. The Morgan fingerprint density at radius 3 is 2.81 bits per heavy atom. The average molecular weight is 433 g/mol. The predicted octanol–water partition coefficient (Wildman–Crippen LogP) is 1.47. The van der Waals surface area contributed by atoms with Crippen molar-refractivity contribution in [2.75, 3.05) is 19.8 Å².